The van der Waals surface area contributed by atoms with Crippen LogP contribution in [-0.2, 0) is 37.9 Å². The molecule has 0 aromatic carbocycles. The number of carbonyl (C=O) groups is 3. The maximum Gasteiger partial charge on any atom is 0.400 e. The summed E-state index contributed by atoms with van der Waals surface area (Å²) in [5.74, 6) is -1.48. The third kappa shape index (κ3) is 5.98. The second-order valence-corrected chi connectivity index (χ2v) is 11.5. The molecule has 0 aromatic heterocycles. The average Bonchev–Trinajstić information content (AvgIpc) is 3.08. The lowest BCUT2D eigenvalue weighted by Crippen LogP contribution is -2.87. The summed E-state index contributed by atoms with van der Waals surface area (Å²) in [6.07, 6.45) is 5.03. The highest BCUT2D eigenvalue weighted by Gasteiger charge is 2.52. The molecule has 2 amide bonds. The second kappa shape index (κ2) is 11.1. The largest absolute Gasteiger partial charge is 0.465 e. The molecule has 4 rings (SSSR count). The van der Waals surface area contributed by atoms with E-state index in [2.05, 4.69) is 10.6 Å². The summed E-state index contributed by atoms with van der Waals surface area (Å²) < 4.78 is 41.0. The van der Waals surface area contributed by atoms with E-state index in [0.29, 0.717) is 25.7 Å². The first-order valence-corrected chi connectivity index (χ1v) is 14.3. The molecular weight excluding hydrogens is 478 g/mol. The number of nitrogens with two attached hydrogens (primary N) is 1. The highest BCUT2D eigenvalue weighted by Crippen LogP contribution is 2.39. The summed E-state index contributed by atoms with van der Waals surface area (Å²) in [5, 5.41) is 5.27. The first-order valence-electron chi connectivity index (χ1n) is 12.9. The van der Waals surface area contributed by atoms with Crippen LogP contribution in [-0.4, -0.2) is 82.1 Å². The van der Waals surface area contributed by atoms with Gasteiger partial charge in [-0.3, -0.25) is 14.4 Å². The minimum Gasteiger partial charge on any atom is -0.465 e. The number of esters is 1. The number of ether oxygens (including phenoxy) is 1. The summed E-state index contributed by atoms with van der Waals surface area (Å²) >= 11 is 0. The molecule has 0 radical (unpaired) electrons. The third-order valence-electron chi connectivity index (χ3n) is 7.88. The quantitative estimate of drug-likeness (QED) is 0.394. The average molecular weight is 517 g/mol. The van der Waals surface area contributed by atoms with Gasteiger partial charge in [0.1, 0.15) is 6.04 Å². The van der Waals surface area contributed by atoms with Crippen molar-refractivity contribution in [1.29, 1.82) is 0 Å². The number of hydrogen-bond donors (Lipinski definition) is 2. The number of nitrogens with zero attached hydrogens (tertiary/aromatic N) is 1. The van der Waals surface area contributed by atoms with Crippen LogP contribution in [0.25, 0.3) is 0 Å². The molecule has 198 valence electrons. The Hall–Kier alpha value is -1.76. The van der Waals surface area contributed by atoms with Gasteiger partial charge < -0.3 is 20.3 Å². The number of hydrogen-bond acceptors (Lipinski definition) is 8. The van der Waals surface area contributed by atoms with E-state index in [4.69, 9.17) is 13.1 Å². The molecule has 4 aliphatic rings. The Bertz CT molecular complexity index is 898. The van der Waals surface area contributed by atoms with Gasteiger partial charge in [0.05, 0.1) is 31.7 Å². The molecule has 3 N–H and O–H groups in total. The molecule has 0 spiro atoms. The van der Waals surface area contributed by atoms with Gasteiger partial charge in [-0.25, -0.2) is 8.37 Å². The maximum absolute atomic E-state index is 13.1. The smallest absolute Gasteiger partial charge is 0.400 e. The van der Waals surface area contributed by atoms with Gasteiger partial charge in [-0.15, -0.1) is 0 Å². The highest BCUT2D eigenvalue weighted by molar-refractivity contribution is 7.81. The van der Waals surface area contributed by atoms with Crippen molar-refractivity contribution in [3.05, 3.63) is 0 Å². The summed E-state index contributed by atoms with van der Waals surface area (Å²) in [7, 11) is -4.54. The Labute approximate surface area is 206 Å². The van der Waals surface area contributed by atoms with E-state index in [9.17, 15) is 22.8 Å². The van der Waals surface area contributed by atoms with Gasteiger partial charge in [-0.1, -0.05) is 19.3 Å². The molecule has 0 aromatic rings. The Morgan fingerprint density at radius 2 is 1.83 bits per heavy atom. The van der Waals surface area contributed by atoms with Crippen LogP contribution in [0, 0.1) is 11.3 Å². The van der Waals surface area contributed by atoms with Crippen molar-refractivity contribution in [2.24, 2.45) is 11.3 Å². The first-order chi connectivity index (χ1) is 16.7. The molecule has 4 fully saturated rings. The van der Waals surface area contributed by atoms with Gasteiger partial charge in [0.15, 0.2) is 6.10 Å². The molecule has 12 heteroatoms. The number of nitrogens with one attached hydrogen (secondary N) is 1. The minimum atomic E-state index is -4.54. The standard InChI is InChI=1S/C23H37N3O8S/c1-2-32-22(29)23(10-4-3-5-11-23)15-33-35(30,31)34-19-16-6-7-18(26(14-16)21(19)28)20(27)25-17-8-12-24-13-9-17/h16-19,24H,2-15H2,1H3,(H,25,27)/p+1. The molecule has 3 atom stereocenters. The number of quaternary nitrogens is 1. The van der Waals surface area contributed by atoms with E-state index in [1.165, 1.54) is 4.90 Å². The number of carbonyl (C=O) groups excluding carboxylic acids is 3. The first kappa shape index (κ1) is 26.3. The van der Waals surface area contributed by atoms with Crippen LogP contribution in [0.3, 0.4) is 0 Å². The van der Waals surface area contributed by atoms with E-state index in [0.717, 1.165) is 45.2 Å². The predicted octanol–water partition coefficient (Wildman–Crippen LogP) is -0.391. The van der Waals surface area contributed by atoms with Gasteiger partial charge in [-0.05, 0) is 32.6 Å². The molecule has 35 heavy (non-hydrogen) atoms. The van der Waals surface area contributed by atoms with E-state index in [-0.39, 0.29) is 37.6 Å². The van der Waals surface area contributed by atoms with Crippen molar-refractivity contribution in [2.45, 2.75) is 82.9 Å². The van der Waals surface area contributed by atoms with Crippen LogP contribution in [0.5, 0.6) is 0 Å². The Kier molecular flexibility index (Phi) is 8.34. The van der Waals surface area contributed by atoms with Gasteiger partial charge in [0.2, 0.25) is 5.91 Å². The van der Waals surface area contributed by atoms with Crippen molar-refractivity contribution in [2.75, 3.05) is 32.8 Å². The van der Waals surface area contributed by atoms with Crippen molar-refractivity contribution in [1.82, 2.24) is 10.2 Å². The molecule has 11 nitrogen and oxygen atoms in total. The van der Waals surface area contributed by atoms with Crippen LogP contribution in [0.4, 0.5) is 0 Å². The summed E-state index contributed by atoms with van der Waals surface area (Å²) in [6.45, 7) is 3.74. The number of rotatable bonds is 9. The molecule has 3 aliphatic heterocycles. The maximum atomic E-state index is 13.1. The van der Waals surface area contributed by atoms with E-state index in [1.807, 2.05) is 0 Å². The van der Waals surface area contributed by atoms with Gasteiger partial charge in [-0.2, -0.15) is 8.42 Å². The van der Waals surface area contributed by atoms with Gasteiger partial charge in [0, 0.05) is 31.3 Å². The highest BCUT2D eigenvalue weighted by atomic mass is 32.3. The third-order valence-corrected chi connectivity index (χ3v) is 8.73. The van der Waals surface area contributed by atoms with E-state index >= 15 is 0 Å². The Balaban J connectivity index is 1.36. The zero-order chi connectivity index (χ0) is 25.1. The van der Waals surface area contributed by atoms with Crippen molar-refractivity contribution in [3.8, 4) is 0 Å². The molecule has 2 bridgehead atoms. The molecule has 1 saturated carbocycles. The summed E-state index contributed by atoms with van der Waals surface area (Å²) in [4.78, 5) is 40.0. The normalized spacial score (nSPS) is 29.1. The van der Waals surface area contributed by atoms with Crippen molar-refractivity contribution in [3.63, 3.8) is 0 Å². The molecule has 3 heterocycles. The van der Waals surface area contributed by atoms with Gasteiger partial charge >= 0.3 is 16.4 Å². The zero-order valence-electron chi connectivity index (χ0n) is 20.4. The summed E-state index contributed by atoms with van der Waals surface area (Å²) in [6, 6.07) is -0.508. The Morgan fingerprint density at radius 3 is 2.51 bits per heavy atom. The molecule has 3 saturated heterocycles. The molecule has 1 aliphatic carbocycles. The fourth-order valence-electron chi connectivity index (χ4n) is 5.88. The minimum absolute atomic E-state index is 0.107. The summed E-state index contributed by atoms with van der Waals surface area (Å²) in [5.41, 5.74) is -1.02. The second-order valence-electron chi connectivity index (χ2n) is 10.2. The lowest BCUT2D eigenvalue weighted by Gasteiger charge is -2.34. The van der Waals surface area contributed by atoms with Crippen LogP contribution < -0.4 is 10.6 Å². The SMILES string of the molecule is CCOC(=O)C1(COS(=O)(=O)OC2C(=O)N3CC2CCC3C(=O)NC2CC[NH2+]CC2)CCCCC1. The fraction of sp³-hybridized carbons (Fsp3) is 0.870. The lowest BCUT2D eigenvalue weighted by atomic mass is 9.75. The van der Waals surface area contributed by atoms with Crippen LogP contribution in [0.15, 0.2) is 0 Å². The number of fused-ring (bicyclic) bond motifs is 2. The lowest BCUT2D eigenvalue weighted by molar-refractivity contribution is -0.663. The topological polar surface area (TPSA) is 145 Å². The van der Waals surface area contributed by atoms with Crippen LogP contribution >= 0.6 is 0 Å². The monoisotopic (exact) mass is 516 g/mol. The van der Waals surface area contributed by atoms with E-state index < -0.39 is 39.8 Å². The predicted molar refractivity (Wildman–Crippen MR) is 123 cm³/mol. The fourth-order valence-corrected chi connectivity index (χ4v) is 6.79. The Morgan fingerprint density at radius 1 is 1.11 bits per heavy atom. The molecule has 3 unspecified atom stereocenters. The zero-order valence-corrected chi connectivity index (χ0v) is 21.2. The van der Waals surface area contributed by atoms with Crippen LogP contribution in [0.2, 0.25) is 0 Å². The van der Waals surface area contributed by atoms with Crippen molar-refractivity contribution < 1.29 is 41.2 Å². The van der Waals surface area contributed by atoms with Gasteiger partial charge in [0.25, 0.3) is 5.91 Å². The number of amides is 2. The van der Waals surface area contributed by atoms with Crippen LogP contribution in [0.1, 0.15) is 64.7 Å². The number of piperidine rings is 2. The molecular formula is C23H38N3O8S+. The van der Waals surface area contributed by atoms with E-state index in [1.54, 1.807) is 6.92 Å². The van der Waals surface area contributed by atoms with Crippen molar-refractivity contribution >= 4 is 28.2 Å².